The molecule has 0 aliphatic heterocycles. The molecule has 0 N–H and O–H groups in total. The minimum absolute atomic E-state index is 1.21. The van der Waals surface area contributed by atoms with Crippen LogP contribution in [0.5, 0.6) is 0 Å². The maximum absolute atomic E-state index is 2.37. The van der Waals surface area contributed by atoms with E-state index in [-0.39, 0.29) is 0 Å². The van der Waals surface area contributed by atoms with Crippen molar-refractivity contribution in [2.45, 2.75) is 0 Å². The number of hydrogen-bond donors (Lipinski definition) is 0. The van der Waals surface area contributed by atoms with Gasteiger partial charge in [0.25, 0.3) is 0 Å². The van der Waals surface area contributed by atoms with Crippen molar-refractivity contribution in [3.05, 3.63) is 194 Å². The Balaban J connectivity index is 1.05. The lowest BCUT2D eigenvalue weighted by atomic mass is 9.87. The Morgan fingerprint density at radius 2 is 0.769 bits per heavy atom. The number of hydrogen-bond acceptors (Lipinski definition) is 0. The van der Waals surface area contributed by atoms with Crippen LogP contribution in [0.2, 0.25) is 0 Å². The molecule has 1 aliphatic carbocycles. The number of benzene rings is 10. The molecule has 0 nitrogen and oxygen atoms in total. The zero-order valence-electron chi connectivity index (χ0n) is 28.5. The summed E-state index contributed by atoms with van der Waals surface area (Å²) in [6, 6.07) is 71.7. The molecule has 0 radical (unpaired) electrons. The van der Waals surface area contributed by atoms with Gasteiger partial charge in [-0.3, -0.25) is 0 Å². The quantitative estimate of drug-likeness (QED) is 0.131. The van der Waals surface area contributed by atoms with E-state index in [0.717, 1.165) is 0 Å². The maximum atomic E-state index is 2.37. The molecule has 52 heavy (non-hydrogen) atoms. The average molecular weight is 657 g/mol. The van der Waals surface area contributed by atoms with Crippen LogP contribution in [0.1, 0.15) is 0 Å². The van der Waals surface area contributed by atoms with Crippen LogP contribution in [0, 0.1) is 0 Å². The molecule has 0 fully saturated rings. The van der Waals surface area contributed by atoms with Gasteiger partial charge in [-0.1, -0.05) is 182 Å². The van der Waals surface area contributed by atoms with Gasteiger partial charge in [-0.05, 0) is 122 Å². The molecule has 10 aromatic rings. The summed E-state index contributed by atoms with van der Waals surface area (Å²) in [5, 5.41) is 10.3. The van der Waals surface area contributed by atoms with Gasteiger partial charge in [-0.25, -0.2) is 0 Å². The second-order valence-electron chi connectivity index (χ2n) is 14.0. The van der Waals surface area contributed by atoms with Gasteiger partial charge in [0, 0.05) is 0 Å². The Bertz CT molecular complexity index is 3030. The summed E-state index contributed by atoms with van der Waals surface area (Å²) >= 11 is 0. The molecular weight excluding hydrogens is 625 g/mol. The molecular formula is C52H32. The van der Waals surface area contributed by atoms with Crippen LogP contribution in [-0.4, -0.2) is 0 Å². The first-order valence-electron chi connectivity index (χ1n) is 18.1. The molecule has 1 aliphatic rings. The van der Waals surface area contributed by atoms with Crippen LogP contribution in [0.4, 0.5) is 0 Å². The first-order valence-corrected chi connectivity index (χ1v) is 18.1. The summed E-state index contributed by atoms with van der Waals surface area (Å²) in [7, 11) is 0. The van der Waals surface area contributed by atoms with Gasteiger partial charge >= 0.3 is 0 Å². The van der Waals surface area contributed by atoms with Crippen molar-refractivity contribution < 1.29 is 0 Å². The van der Waals surface area contributed by atoms with Crippen molar-refractivity contribution in [2.24, 2.45) is 0 Å². The molecule has 0 unspecified atom stereocenters. The summed E-state index contributed by atoms with van der Waals surface area (Å²) in [5.41, 5.74) is 15.3. The zero-order valence-corrected chi connectivity index (χ0v) is 28.5. The predicted octanol–water partition coefficient (Wildman–Crippen LogP) is 14.6. The highest BCUT2D eigenvalue weighted by atomic mass is 14.3. The predicted molar refractivity (Wildman–Crippen MR) is 223 cm³/mol. The van der Waals surface area contributed by atoms with Gasteiger partial charge in [-0.15, -0.1) is 0 Å². The van der Waals surface area contributed by atoms with Crippen molar-refractivity contribution in [1.29, 1.82) is 0 Å². The second kappa shape index (κ2) is 11.4. The fourth-order valence-corrected chi connectivity index (χ4v) is 8.85. The minimum Gasteiger partial charge on any atom is -0.0622 e. The monoisotopic (exact) mass is 656 g/mol. The Morgan fingerprint density at radius 3 is 1.52 bits per heavy atom. The Labute approximate surface area is 302 Å². The molecule has 0 heteroatoms. The summed E-state index contributed by atoms with van der Waals surface area (Å²) < 4.78 is 0. The number of fused-ring (bicyclic) bond motifs is 7. The highest BCUT2D eigenvalue weighted by molar-refractivity contribution is 6.22. The lowest BCUT2D eigenvalue weighted by molar-refractivity contribution is 1.57. The fourth-order valence-electron chi connectivity index (χ4n) is 8.85. The van der Waals surface area contributed by atoms with E-state index >= 15 is 0 Å². The summed E-state index contributed by atoms with van der Waals surface area (Å²) in [4.78, 5) is 0. The van der Waals surface area contributed by atoms with E-state index in [1.807, 2.05) is 0 Å². The zero-order chi connectivity index (χ0) is 34.2. The molecule has 0 amide bonds. The molecule has 0 saturated carbocycles. The molecule has 240 valence electrons. The summed E-state index contributed by atoms with van der Waals surface area (Å²) in [6.07, 6.45) is 0. The third kappa shape index (κ3) is 4.35. The van der Waals surface area contributed by atoms with E-state index in [0.29, 0.717) is 0 Å². The van der Waals surface area contributed by atoms with E-state index in [9.17, 15) is 0 Å². The smallest absolute Gasteiger partial charge is 0.00139 e. The Kier molecular flexibility index (Phi) is 6.35. The van der Waals surface area contributed by atoms with Gasteiger partial charge in [0.05, 0.1) is 0 Å². The highest BCUT2D eigenvalue weighted by Crippen LogP contribution is 2.54. The van der Waals surface area contributed by atoms with Crippen molar-refractivity contribution >= 4 is 43.1 Å². The van der Waals surface area contributed by atoms with Crippen LogP contribution in [-0.2, 0) is 0 Å². The molecule has 0 spiro atoms. The summed E-state index contributed by atoms with van der Waals surface area (Å²) in [5.74, 6) is 0. The van der Waals surface area contributed by atoms with Crippen molar-refractivity contribution in [3.8, 4) is 66.8 Å². The number of rotatable bonds is 4. The molecule has 0 bridgehead atoms. The largest absolute Gasteiger partial charge is 0.0622 e. The second-order valence-corrected chi connectivity index (χ2v) is 14.0. The average Bonchev–Trinajstić information content (AvgIpc) is 3.56. The van der Waals surface area contributed by atoms with Crippen molar-refractivity contribution in [3.63, 3.8) is 0 Å². The van der Waals surface area contributed by atoms with Gasteiger partial charge in [0.2, 0.25) is 0 Å². The van der Waals surface area contributed by atoms with E-state index in [1.54, 1.807) is 0 Å². The van der Waals surface area contributed by atoms with E-state index in [4.69, 9.17) is 0 Å². The molecule has 0 saturated heterocycles. The first-order chi connectivity index (χ1) is 25.8. The van der Waals surface area contributed by atoms with Crippen LogP contribution in [0.3, 0.4) is 0 Å². The van der Waals surface area contributed by atoms with Crippen LogP contribution < -0.4 is 0 Å². The highest BCUT2D eigenvalue weighted by Gasteiger charge is 2.27. The molecule has 11 rings (SSSR count). The van der Waals surface area contributed by atoms with E-state index in [1.165, 1.54) is 110 Å². The Morgan fingerprint density at radius 1 is 0.212 bits per heavy atom. The first kappa shape index (κ1) is 29.0. The van der Waals surface area contributed by atoms with Crippen molar-refractivity contribution in [2.75, 3.05) is 0 Å². The van der Waals surface area contributed by atoms with Gasteiger partial charge < -0.3 is 0 Å². The molecule has 0 atom stereocenters. The van der Waals surface area contributed by atoms with Crippen LogP contribution in [0.25, 0.3) is 110 Å². The lowest BCUT2D eigenvalue weighted by Gasteiger charge is -2.16. The fraction of sp³-hybridized carbons (Fsp3) is 0. The standard InChI is InChI=1S/C52H32/c1-2-11-34(12-3-1)43-29-30-44(52-47-22-10-16-37-15-9-21-46(49(37)47)51(43)52)36-25-23-33(24-26-36)38-17-8-18-40(31-38)50-42-20-7-5-14-39(42)32-48-41-19-6-4-13-35(41)27-28-45(48)50/h1-32H. The van der Waals surface area contributed by atoms with Crippen LogP contribution >= 0.6 is 0 Å². The summed E-state index contributed by atoms with van der Waals surface area (Å²) in [6.45, 7) is 0. The minimum atomic E-state index is 1.21. The van der Waals surface area contributed by atoms with Crippen LogP contribution in [0.15, 0.2) is 194 Å². The Hall–Kier alpha value is -6.76. The van der Waals surface area contributed by atoms with E-state index < -0.39 is 0 Å². The maximum Gasteiger partial charge on any atom is -0.00139 e. The van der Waals surface area contributed by atoms with Crippen molar-refractivity contribution in [1.82, 2.24) is 0 Å². The third-order valence-corrected chi connectivity index (χ3v) is 11.2. The normalized spacial score (nSPS) is 11.8. The lowest BCUT2D eigenvalue weighted by Crippen LogP contribution is -1.90. The van der Waals surface area contributed by atoms with E-state index in [2.05, 4.69) is 194 Å². The third-order valence-electron chi connectivity index (χ3n) is 11.2. The molecule has 0 aromatic heterocycles. The van der Waals surface area contributed by atoms with Gasteiger partial charge in [-0.2, -0.15) is 0 Å². The topological polar surface area (TPSA) is 0 Å². The van der Waals surface area contributed by atoms with Gasteiger partial charge in [0.15, 0.2) is 0 Å². The molecule has 0 heterocycles. The molecule has 10 aromatic carbocycles. The SMILES string of the molecule is c1ccc(-c2ccc(-c3ccc(-c4cccc(-c5c6ccccc6cc6c5ccc5ccccc56)c4)cc3)c3c2-c2cccc4cccc-3c24)cc1. The van der Waals surface area contributed by atoms with Gasteiger partial charge in [0.1, 0.15) is 0 Å².